The molecule has 0 aliphatic rings. The zero-order valence-corrected chi connectivity index (χ0v) is 68.7. The Kier molecular flexibility index (Phi) is 86.7. The quantitative estimate of drug-likeness (QED) is 0.0196. The molecule has 0 spiro atoms. The molecule has 0 saturated carbocycles. The maximum absolute atomic E-state index is 6.44. The summed E-state index contributed by atoms with van der Waals surface area (Å²) in [5.41, 5.74) is 0. The second-order valence-electron chi connectivity index (χ2n) is 21.8. The van der Waals surface area contributed by atoms with Gasteiger partial charge in [-0.3, -0.25) is 0 Å². The number of hydrogen-bond acceptors (Lipinski definition) is 26. The molecule has 0 atom stereocenters. The summed E-state index contributed by atoms with van der Waals surface area (Å²) in [5, 5.41) is 0. The molecule has 0 fully saturated rings. The van der Waals surface area contributed by atoms with Gasteiger partial charge in [-0.1, -0.05) is 48.4 Å². The summed E-state index contributed by atoms with van der Waals surface area (Å²) in [6.45, 7) is 19.7. The summed E-state index contributed by atoms with van der Waals surface area (Å²) in [6.07, 6.45) is 11.0. The number of rotatable bonds is 84. The third-order valence-electron chi connectivity index (χ3n) is 14.4. The van der Waals surface area contributed by atoms with Gasteiger partial charge in [0.05, 0.1) is 175 Å². The van der Waals surface area contributed by atoms with E-state index in [2.05, 4.69) is 75.8 Å². The predicted molar refractivity (Wildman–Crippen MR) is 430 cm³/mol. The molecular weight excluding hydrogens is 1420 g/mol. The number of thiol groups is 6. The molecule has 0 aromatic carbocycles. The summed E-state index contributed by atoms with van der Waals surface area (Å²) in [4.78, 5) is 0. The second-order valence-corrected chi connectivity index (χ2v) is 41.8. The van der Waals surface area contributed by atoms with Crippen molar-refractivity contribution in [1.82, 2.24) is 0 Å². The molecule has 28 heteroatoms. The van der Waals surface area contributed by atoms with Crippen LogP contribution in [0.2, 0.25) is 48.4 Å². The highest BCUT2D eigenvalue weighted by Gasteiger charge is 2.32. The van der Waals surface area contributed by atoms with Gasteiger partial charge in [-0.05, 0) is 92.3 Å². The van der Waals surface area contributed by atoms with Crippen LogP contribution in [-0.2, 0) is 66.3 Å². The molecule has 0 N–H and O–H groups in total. The zero-order chi connectivity index (χ0) is 65.7. The Labute approximate surface area is 617 Å². The van der Waals surface area contributed by atoms with Gasteiger partial charge >= 0.3 is 0 Å². The van der Waals surface area contributed by atoms with E-state index < -0.39 is 16.1 Å². The van der Waals surface area contributed by atoms with E-state index in [1.165, 1.54) is 121 Å². The maximum atomic E-state index is 6.44. The fraction of sp³-hybridized carbons (Fsp3) is 1.00. The Morgan fingerprint density at radius 3 is 0.495 bits per heavy atom. The van der Waals surface area contributed by atoms with E-state index in [1.54, 1.807) is 0 Å². The van der Waals surface area contributed by atoms with Crippen molar-refractivity contribution in [2.45, 2.75) is 106 Å². The molecule has 548 valence electrons. The monoisotopic (exact) mass is 1550 g/mol. The lowest BCUT2D eigenvalue weighted by Crippen LogP contribution is -2.35. The van der Waals surface area contributed by atoms with Gasteiger partial charge < -0.3 is 66.3 Å². The highest BCUT2D eigenvalue weighted by atomic mass is 32.2. The summed E-state index contributed by atoms with van der Waals surface area (Å²) < 4.78 is 81.3. The van der Waals surface area contributed by atoms with Gasteiger partial charge in [0.25, 0.3) is 0 Å². The molecule has 0 saturated heterocycles. The average molecular weight is 1550 g/mol. The van der Waals surface area contributed by atoms with Crippen molar-refractivity contribution in [2.75, 3.05) is 289 Å². The lowest BCUT2D eigenvalue weighted by atomic mass is 10.4. The van der Waals surface area contributed by atoms with Crippen LogP contribution in [0, 0.1) is 0 Å². The van der Waals surface area contributed by atoms with Gasteiger partial charge in [-0.25, -0.2) is 0 Å². The normalized spacial score (nSPS) is 12.2. The molecule has 0 aromatic heterocycles. The molecule has 0 unspecified atom stereocenters. The lowest BCUT2D eigenvalue weighted by Gasteiger charge is -2.33. The van der Waals surface area contributed by atoms with Crippen molar-refractivity contribution in [3.05, 3.63) is 0 Å². The van der Waals surface area contributed by atoms with E-state index in [0.29, 0.717) is 119 Å². The van der Waals surface area contributed by atoms with E-state index >= 15 is 0 Å². The molecule has 0 bridgehead atoms. The molecule has 0 rings (SSSR count). The highest BCUT2D eigenvalue weighted by molar-refractivity contribution is 8.00. The van der Waals surface area contributed by atoms with E-state index in [-0.39, 0.29) is 0 Å². The minimum atomic E-state index is -1.59. The maximum Gasteiger partial charge on any atom is 0.0700 e. The number of ether oxygens (including phenoxy) is 14. The molecule has 0 amide bonds. The molecule has 91 heavy (non-hydrogen) atoms. The van der Waals surface area contributed by atoms with Crippen LogP contribution in [0.25, 0.3) is 0 Å². The van der Waals surface area contributed by atoms with Crippen molar-refractivity contribution in [2.24, 2.45) is 0 Å². The predicted octanol–water partition coefficient (Wildman–Crippen LogP) is 13.6. The third kappa shape index (κ3) is 73.6. The summed E-state index contributed by atoms with van der Waals surface area (Å²) in [5.74, 6) is 17.8. The first-order chi connectivity index (χ1) is 45.1. The van der Waals surface area contributed by atoms with Crippen LogP contribution in [0.15, 0.2) is 0 Å². The first kappa shape index (κ1) is 95.1. The van der Waals surface area contributed by atoms with E-state index in [4.69, 9.17) is 66.3 Å². The van der Waals surface area contributed by atoms with Gasteiger partial charge in [0.1, 0.15) is 0 Å². The largest absolute Gasteiger partial charge is 0.381 e. The van der Waals surface area contributed by atoms with Crippen LogP contribution in [0.3, 0.4) is 0 Å². The summed E-state index contributed by atoms with van der Waals surface area (Å²) >= 11 is 37.7. The number of thioether (sulfide) groups is 6. The van der Waals surface area contributed by atoms with Crippen molar-refractivity contribution < 1.29 is 66.3 Å². The standard InChI is InChI=1S/C63H132O14S12Si2/c78-38-26-66-14-20-72-32-50-84-44-4-58-90(59-5-45-85-51-33-73-21-15-67-27-39-79,60-6-46-86-52-34-74-22-16-68-28-40-80)56-2-12-64-10-1-11-65-13-3-57-91(61-7-47-87-53-35-75-23-17-69-29-41-81,62-8-48-88-54-36-76-24-18-70-30-42-82)63-9-49-89-55-37-77-25-19-71-31-43-83/h78-83H,1-63H2. The van der Waals surface area contributed by atoms with Crippen LogP contribution in [0.4, 0.5) is 0 Å². The minimum Gasteiger partial charge on any atom is -0.381 e. The van der Waals surface area contributed by atoms with Gasteiger partial charge in [0.2, 0.25) is 0 Å². The van der Waals surface area contributed by atoms with Crippen LogP contribution in [0.5, 0.6) is 0 Å². The van der Waals surface area contributed by atoms with Crippen LogP contribution >= 0.6 is 146 Å². The average Bonchev–Trinajstić information content (AvgIpc) is 3.77. The van der Waals surface area contributed by atoms with Crippen LogP contribution in [-0.4, -0.2) is 305 Å². The van der Waals surface area contributed by atoms with Crippen LogP contribution in [0.1, 0.15) is 57.8 Å². The van der Waals surface area contributed by atoms with Gasteiger partial charge in [-0.15, -0.1) is 0 Å². The Morgan fingerprint density at radius 1 is 0.154 bits per heavy atom. The van der Waals surface area contributed by atoms with E-state index in [1.807, 2.05) is 70.6 Å². The molecule has 0 heterocycles. The van der Waals surface area contributed by atoms with Gasteiger partial charge in [0, 0.05) is 95.5 Å². The Morgan fingerprint density at radius 2 is 0.308 bits per heavy atom. The lowest BCUT2D eigenvalue weighted by molar-refractivity contribution is 0.0606. The second kappa shape index (κ2) is 83.0. The van der Waals surface area contributed by atoms with Crippen molar-refractivity contribution >= 4 is 162 Å². The molecule has 0 radical (unpaired) electrons. The zero-order valence-electron chi connectivity index (χ0n) is 56.4. The van der Waals surface area contributed by atoms with E-state index in [9.17, 15) is 0 Å². The van der Waals surface area contributed by atoms with Crippen molar-refractivity contribution in [3.8, 4) is 0 Å². The van der Waals surface area contributed by atoms with E-state index in [0.717, 1.165) is 154 Å². The fourth-order valence-corrected chi connectivity index (χ4v) is 27.4. The smallest absolute Gasteiger partial charge is 0.0700 e. The molecule has 0 aliphatic heterocycles. The third-order valence-corrected chi connectivity index (χ3v) is 33.0. The fourth-order valence-electron chi connectivity index (χ4n) is 10.00. The molecule has 14 nitrogen and oxygen atoms in total. The molecule has 0 aromatic rings. The van der Waals surface area contributed by atoms with Crippen molar-refractivity contribution in [1.29, 1.82) is 0 Å². The molecule has 0 aliphatic carbocycles. The van der Waals surface area contributed by atoms with Gasteiger partial charge in [-0.2, -0.15) is 146 Å². The first-order valence-electron chi connectivity index (χ1n) is 34.3. The Balaban J connectivity index is 5.66. The van der Waals surface area contributed by atoms with Gasteiger partial charge in [0.15, 0.2) is 0 Å². The highest BCUT2D eigenvalue weighted by Crippen LogP contribution is 2.35. The van der Waals surface area contributed by atoms with Crippen molar-refractivity contribution in [3.63, 3.8) is 0 Å². The minimum absolute atomic E-state index is 0.641. The van der Waals surface area contributed by atoms with Crippen LogP contribution < -0.4 is 0 Å². The topological polar surface area (TPSA) is 129 Å². The summed E-state index contributed by atoms with van der Waals surface area (Å²) in [7, 11) is -3.18. The Hall–Kier alpha value is 4.07. The summed E-state index contributed by atoms with van der Waals surface area (Å²) in [6, 6.07) is 11.0. The first-order valence-corrected chi connectivity index (χ1v) is 50.7. The molecular formula is C63H132O14S12Si2. The Bertz CT molecular complexity index is 1140. The number of hydrogen-bond donors (Lipinski definition) is 6. The SMILES string of the molecule is SCCOCCOCCSCCC[Si](CCCOCCCOCCC[Si](CCCSCCOCCOCCS)(CCCSCCOCCOCCS)CCCSCCOCCOCCS)(CCCSCCOCCOCCS)CCCSCCOCCOCCS.